The standard InChI is InChI=1S/C63H62N2P4/c1-8-23-49(24-9-1)60-45-46-61(50-25-10-2-11-26-50)68(60)64(54-41-42-54)67(57-37-20-7-21-38-57)58-43-39-48(40-44-58)59-47-62(51-27-12-3-13-28-51)69(63(59)52-29-14-4-15-30-52)65(53-31-22-32-53)66(55-33-16-5-17-34-55)56-35-18-6-19-36-56/h1-21,23-30,33-40,43-44,53-54,59-63H,22,31-32,41-42,45-47H2/t59?,60-,61-,62-,63+,67?,69?/m1/s1. The fourth-order valence-corrected chi connectivity index (χ4v) is 27.5. The SMILES string of the molecule is c1ccc([C@H]2CC[C@H](c3ccccc3)P2N(C2CC2)P(c2ccccc2)c2ccc(C3C[C@H](c4ccccc4)P(N(C4CCC4)P(c4ccccc4)c4ccccc4)[C@H]3c3ccccc3)cc2)cc1. The third kappa shape index (κ3) is 9.41. The van der Waals surface area contributed by atoms with Crippen molar-refractivity contribution in [3.8, 4) is 0 Å². The van der Waals surface area contributed by atoms with E-state index < -0.39 is 32.3 Å². The van der Waals surface area contributed by atoms with Crippen molar-refractivity contribution in [2.24, 2.45) is 0 Å². The van der Waals surface area contributed by atoms with E-state index in [4.69, 9.17) is 0 Å². The number of benzene rings is 8. The maximum absolute atomic E-state index is 3.18. The number of hydrogen-bond donors (Lipinski definition) is 0. The quantitative estimate of drug-likeness (QED) is 0.0945. The Bertz CT molecular complexity index is 2760. The summed E-state index contributed by atoms with van der Waals surface area (Å²) < 4.78 is 6.34. The normalized spacial score (nSPS) is 23.3. The highest BCUT2D eigenvalue weighted by Crippen LogP contribution is 2.81. The predicted molar refractivity (Wildman–Crippen MR) is 300 cm³/mol. The highest BCUT2D eigenvalue weighted by atomic mass is 31.2. The first-order valence-corrected chi connectivity index (χ1v) is 30.9. The molecule has 0 aromatic heterocycles. The van der Waals surface area contributed by atoms with E-state index >= 15 is 0 Å². The summed E-state index contributed by atoms with van der Waals surface area (Å²) in [5.41, 5.74) is 9.51. The molecular weight excluding hydrogens is 909 g/mol. The van der Waals surface area contributed by atoms with Crippen molar-refractivity contribution >= 4 is 53.5 Å². The molecule has 6 heteroatoms. The van der Waals surface area contributed by atoms with Crippen molar-refractivity contribution in [3.63, 3.8) is 0 Å². The van der Waals surface area contributed by atoms with Gasteiger partial charge in [-0.2, -0.15) is 0 Å². The summed E-state index contributed by atoms with van der Waals surface area (Å²) in [6, 6.07) is 93.1. The van der Waals surface area contributed by atoms with Crippen LogP contribution >= 0.6 is 32.3 Å². The highest BCUT2D eigenvalue weighted by molar-refractivity contribution is 7.80. The highest BCUT2D eigenvalue weighted by Gasteiger charge is 2.53. The van der Waals surface area contributed by atoms with Crippen LogP contribution in [0.2, 0.25) is 0 Å². The van der Waals surface area contributed by atoms with Crippen molar-refractivity contribution in [1.29, 1.82) is 0 Å². The minimum absolute atomic E-state index is 0.383. The van der Waals surface area contributed by atoms with Crippen LogP contribution in [0.5, 0.6) is 0 Å². The van der Waals surface area contributed by atoms with E-state index in [1.165, 1.54) is 94.0 Å². The Morgan fingerprint density at radius 2 is 0.652 bits per heavy atom. The molecule has 12 rings (SSSR count). The summed E-state index contributed by atoms with van der Waals surface area (Å²) >= 11 is 0. The Hall–Kier alpha value is -4.60. The Balaban J connectivity index is 0.984. The summed E-state index contributed by atoms with van der Waals surface area (Å²) in [5, 5.41) is 5.94. The zero-order chi connectivity index (χ0) is 45.9. The molecule has 69 heavy (non-hydrogen) atoms. The average molecular weight is 971 g/mol. The molecule has 0 N–H and O–H groups in total. The molecule has 2 aliphatic carbocycles. The zero-order valence-electron chi connectivity index (χ0n) is 39.4. The van der Waals surface area contributed by atoms with Crippen LogP contribution in [-0.4, -0.2) is 21.0 Å². The molecule has 0 amide bonds. The van der Waals surface area contributed by atoms with Crippen LogP contribution in [0.25, 0.3) is 0 Å². The van der Waals surface area contributed by atoms with Gasteiger partial charge in [0.25, 0.3) is 0 Å². The lowest BCUT2D eigenvalue weighted by molar-refractivity contribution is 0.314. The van der Waals surface area contributed by atoms with Gasteiger partial charge in [-0.05, 0) is 116 Å². The first-order chi connectivity index (χ1) is 34.3. The molecule has 8 aromatic rings. The van der Waals surface area contributed by atoms with Crippen LogP contribution in [0.15, 0.2) is 237 Å². The summed E-state index contributed by atoms with van der Waals surface area (Å²) in [4.78, 5) is 0. The second-order valence-electron chi connectivity index (χ2n) is 19.5. The Labute approximate surface area is 416 Å². The molecule has 344 valence electrons. The van der Waals surface area contributed by atoms with Gasteiger partial charge in [0.15, 0.2) is 0 Å². The van der Waals surface area contributed by atoms with Crippen molar-refractivity contribution in [2.75, 3.05) is 0 Å². The second kappa shape index (κ2) is 21.0. The lowest BCUT2D eigenvalue weighted by atomic mass is 9.87. The summed E-state index contributed by atoms with van der Waals surface area (Å²) in [6.45, 7) is 0. The monoisotopic (exact) mass is 970 g/mol. The smallest absolute Gasteiger partial charge is 0.0321 e. The van der Waals surface area contributed by atoms with Crippen LogP contribution in [0.1, 0.15) is 108 Å². The van der Waals surface area contributed by atoms with E-state index in [2.05, 4.69) is 245 Å². The van der Waals surface area contributed by atoms with E-state index in [0.717, 1.165) is 6.42 Å². The van der Waals surface area contributed by atoms with Gasteiger partial charge in [-0.25, -0.2) is 8.88 Å². The van der Waals surface area contributed by atoms with Gasteiger partial charge >= 0.3 is 0 Å². The predicted octanol–water partition coefficient (Wildman–Crippen LogP) is 16.4. The summed E-state index contributed by atoms with van der Waals surface area (Å²) in [7, 11) is -2.79. The minimum atomic E-state index is -0.783. The molecule has 8 aromatic carbocycles. The molecule has 0 bridgehead atoms. The molecule has 0 radical (unpaired) electrons. The van der Waals surface area contributed by atoms with Gasteiger partial charge in [-0.1, -0.05) is 243 Å². The van der Waals surface area contributed by atoms with Gasteiger partial charge in [-0.3, -0.25) is 0 Å². The largest absolute Gasteiger partial charge is 0.248 e. The minimum Gasteiger partial charge on any atom is -0.248 e. The van der Waals surface area contributed by atoms with Crippen molar-refractivity contribution in [3.05, 3.63) is 264 Å². The molecule has 0 spiro atoms. The number of nitrogens with zero attached hydrogens (tertiary/aromatic N) is 2. The van der Waals surface area contributed by atoms with Crippen molar-refractivity contribution in [1.82, 2.24) is 8.88 Å². The maximum atomic E-state index is 3.18. The fourth-order valence-electron chi connectivity index (χ4n) is 11.7. The van der Waals surface area contributed by atoms with E-state index in [9.17, 15) is 0 Å². The third-order valence-corrected chi connectivity index (χ3v) is 28.5. The summed E-state index contributed by atoms with van der Waals surface area (Å²) in [5.74, 6) is 0.385. The van der Waals surface area contributed by atoms with Crippen LogP contribution < -0.4 is 21.2 Å². The molecule has 3 unspecified atom stereocenters. The van der Waals surface area contributed by atoms with Crippen molar-refractivity contribution in [2.45, 2.75) is 92.0 Å². The Morgan fingerprint density at radius 3 is 1.04 bits per heavy atom. The van der Waals surface area contributed by atoms with E-state index in [1.807, 2.05) is 0 Å². The van der Waals surface area contributed by atoms with E-state index in [1.54, 1.807) is 0 Å². The van der Waals surface area contributed by atoms with Crippen LogP contribution in [0.4, 0.5) is 0 Å². The van der Waals surface area contributed by atoms with E-state index in [0.29, 0.717) is 40.6 Å². The van der Waals surface area contributed by atoms with Gasteiger partial charge in [0.2, 0.25) is 0 Å². The van der Waals surface area contributed by atoms with Gasteiger partial charge in [0, 0.05) is 50.9 Å². The molecule has 4 aliphatic rings. The third-order valence-electron chi connectivity index (χ3n) is 15.2. The number of rotatable bonds is 15. The van der Waals surface area contributed by atoms with Gasteiger partial charge in [-0.15, -0.1) is 0 Å². The van der Waals surface area contributed by atoms with Crippen LogP contribution in [0.3, 0.4) is 0 Å². The van der Waals surface area contributed by atoms with Crippen LogP contribution in [0, 0.1) is 0 Å². The van der Waals surface area contributed by atoms with Gasteiger partial charge < -0.3 is 0 Å². The summed E-state index contributed by atoms with van der Waals surface area (Å²) in [6.07, 6.45) is 10.1. The lowest BCUT2D eigenvalue weighted by Crippen LogP contribution is -2.39. The lowest BCUT2D eigenvalue weighted by Gasteiger charge is -2.50. The molecule has 2 saturated heterocycles. The van der Waals surface area contributed by atoms with Crippen LogP contribution in [-0.2, 0) is 0 Å². The van der Waals surface area contributed by atoms with E-state index in [-0.39, 0.29) is 0 Å². The second-order valence-corrected chi connectivity index (χ2v) is 29.1. The molecular formula is C63H62N2P4. The topological polar surface area (TPSA) is 6.48 Å². The maximum Gasteiger partial charge on any atom is 0.0321 e. The Morgan fingerprint density at radius 1 is 0.304 bits per heavy atom. The molecule has 2 nitrogen and oxygen atoms in total. The zero-order valence-corrected chi connectivity index (χ0v) is 43.0. The molecule has 2 aliphatic heterocycles. The number of hydrogen-bond acceptors (Lipinski definition) is 2. The molecule has 4 fully saturated rings. The molecule has 2 heterocycles. The first-order valence-electron chi connectivity index (χ1n) is 25.5. The average Bonchev–Trinajstić information content (AvgIpc) is 4.03. The van der Waals surface area contributed by atoms with Gasteiger partial charge in [0.1, 0.15) is 0 Å². The fraction of sp³-hybridized carbons (Fsp3) is 0.238. The Kier molecular flexibility index (Phi) is 13.9. The molecule has 7 atom stereocenters. The first kappa shape index (κ1) is 45.5. The molecule has 2 saturated carbocycles. The van der Waals surface area contributed by atoms with Crippen molar-refractivity contribution < 1.29 is 0 Å². The van der Waals surface area contributed by atoms with Gasteiger partial charge in [0.05, 0.1) is 0 Å².